The molecule has 0 aromatic rings. The largest absolute Gasteiger partial charge is 0.325 e. The highest BCUT2D eigenvalue weighted by Crippen LogP contribution is 2.31. The summed E-state index contributed by atoms with van der Waals surface area (Å²) in [5, 5.41) is 0. The number of hydrogen-bond donors (Lipinski definition) is 1. The topological polar surface area (TPSA) is 26.0 Å². The van der Waals surface area contributed by atoms with E-state index in [1.165, 1.54) is 89.9 Å². The molecule has 2 N–H and O–H groups in total. The summed E-state index contributed by atoms with van der Waals surface area (Å²) in [4.78, 5) is 0. The molecule has 128 valence electrons. The lowest BCUT2D eigenvalue weighted by Gasteiger charge is -2.36. The van der Waals surface area contributed by atoms with Gasteiger partial charge >= 0.3 is 0 Å². The van der Waals surface area contributed by atoms with Gasteiger partial charge in [0.15, 0.2) is 0 Å². The van der Waals surface area contributed by atoms with Crippen LogP contribution in [0.5, 0.6) is 0 Å². The second-order valence-corrected chi connectivity index (χ2v) is 7.25. The maximum atomic E-state index is 6.86. The van der Waals surface area contributed by atoms with Crippen molar-refractivity contribution < 1.29 is 0 Å². The van der Waals surface area contributed by atoms with Gasteiger partial charge in [0.25, 0.3) is 0 Å². The quantitative estimate of drug-likeness (QED) is 0.329. The van der Waals surface area contributed by atoms with E-state index in [1.807, 2.05) is 0 Å². The fourth-order valence-corrected chi connectivity index (χ4v) is 3.35. The Morgan fingerprint density at radius 2 is 1.10 bits per heavy atom. The first-order chi connectivity index (χ1) is 10.1. The third-order valence-corrected chi connectivity index (χ3v) is 5.21. The van der Waals surface area contributed by atoms with Crippen molar-refractivity contribution in [3.8, 4) is 0 Å². The zero-order valence-electron chi connectivity index (χ0n) is 15.6. The van der Waals surface area contributed by atoms with Crippen molar-refractivity contribution in [2.45, 2.75) is 123 Å². The van der Waals surface area contributed by atoms with E-state index in [0.29, 0.717) is 5.92 Å². The van der Waals surface area contributed by atoms with Crippen molar-refractivity contribution in [2.75, 3.05) is 0 Å². The molecule has 1 nitrogen and oxygen atoms in total. The van der Waals surface area contributed by atoms with Crippen molar-refractivity contribution in [2.24, 2.45) is 11.7 Å². The van der Waals surface area contributed by atoms with Crippen LogP contribution in [-0.4, -0.2) is 5.54 Å². The first-order valence-electron chi connectivity index (χ1n) is 9.89. The van der Waals surface area contributed by atoms with Crippen molar-refractivity contribution in [3.63, 3.8) is 0 Å². The molecule has 0 aliphatic rings. The zero-order valence-corrected chi connectivity index (χ0v) is 15.6. The molecule has 0 radical (unpaired) electrons. The third-order valence-electron chi connectivity index (χ3n) is 5.21. The van der Waals surface area contributed by atoms with E-state index >= 15 is 0 Å². The standard InChI is InChI=1S/C20H43N/c1-5-8-11-12-13-15-18-20(21,17-14-9-6-2)19(4)16-10-7-3/h19H,5-18,21H2,1-4H3. The summed E-state index contributed by atoms with van der Waals surface area (Å²) in [6.45, 7) is 9.26. The van der Waals surface area contributed by atoms with Gasteiger partial charge in [0.05, 0.1) is 0 Å². The summed E-state index contributed by atoms with van der Waals surface area (Å²) < 4.78 is 0. The van der Waals surface area contributed by atoms with E-state index in [0.717, 1.165) is 0 Å². The number of rotatable bonds is 15. The lowest BCUT2D eigenvalue weighted by atomic mass is 9.75. The molecule has 0 spiro atoms. The van der Waals surface area contributed by atoms with Crippen LogP contribution in [0.25, 0.3) is 0 Å². The molecule has 2 unspecified atom stereocenters. The highest BCUT2D eigenvalue weighted by atomic mass is 14.8. The molecular formula is C20H43N. The summed E-state index contributed by atoms with van der Waals surface area (Å²) in [5.41, 5.74) is 6.97. The Kier molecular flexibility index (Phi) is 13.6. The van der Waals surface area contributed by atoms with Gasteiger partial charge in [-0.25, -0.2) is 0 Å². The highest BCUT2D eigenvalue weighted by Gasteiger charge is 2.30. The minimum Gasteiger partial charge on any atom is -0.325 e. The van der Waals surface area contributed by atoms with Gasteiger partial charge in [-0.3, -0.25) is 0 Å². The van der Waals surface area contributed by atoms with Gasteiger partial charge in [-0.2, -0.15) is 0 Å². The zero-order chi connectivity index (χ0) is 16.0. The average Bonchev–Trinajstić information content (AvgIpc) is 2.48. The molecule has 0 aromatic carbocycles. The SMILES string of the molecule is CCCCCCCCC(N)(CCCCC)C(C)CCCC. The Morgan fingerprint density at radius 3 is 1.67 bits per heavy atom. The summed E-state index contributed by atoms with van der Waals surface area (Å²) in [5.74, 6) is 0.685. The van der Waals surface area contributed by atoms with Gasteiger partial charge in [0.2, 0.25) is 0 Å². The number of hydrogen-bond acceptors (Lipinski definition) is 1. The second-order valence-electron chi connectivity index (χ2n) is 7.25. The van der Waals surface area contributed by atoms with Crippen molar-refractivity contribution in [1.82, 2.24) is 0 Å². The number of nitrogens with two attached hydrogens (primary N) is 1. The molecule has 0 aliphatic carbocycles. The van der Waals surface area contributed by atoms with Crippen LogP contribution in [0, 0.1) is 5.92 Å². The van der Waals surface area contributed by atoms with Gasteiger partial charge in [-0.1, -0.05) is 98.3 Å². The van der Waals surface area contributed by atoms with Crippen LogP contribution >= 0.6 is 0 Å². The summed E-state index contributed by atoms with van der Waals surface area (Å²) in [6, 6.07) is 0. The normalized spacial score (nSPS) is 15.9. The van der Waals surface area contributed by atoms with Crippen LogP contribution in [0.1, 0.15) is 118 Å². The molecule has 0 saturated carbocycles. The maximum absolute atomic E-state index is 6.86. The molecule has 0 amide bonds. The molecular weight excluding hydrogens is 254 g/mol. The smallest absolute Gasteiger partial charge is 0.0180 e. The van der Waals surface area contributed by atoms with E-state index in [2.05, 4.69) is 27.7 Å². The Morgan fingerprint density at radius 1 is 0.667 bits per heavy atom. The van der Waals surface area contributed by atoms with E-state index in [4.69, 9.17) is 5.73 Å². The average molecular weight is 298 g/mol. The Hall–Kier alpha value is -0.0400. The maximum Gasteiger partial charge on any atom is 0.0180 e. The van der Waals surface area contributed by atoms with Crippen molar-refractivity contribution in [3.05, 3.63) is 0 Å². The third kappa shape index (κ3) is 10.3. The lowest BCUT2D eigenvalue weighted by Crippen LogP contribution is -2.46. The van der Waals surface area contributed by atoms with Crippen LogP contribution in [0.2, 0.25) is 0 Å². The van der Waals surface area contributed by atoms with Gasteiger partial charge < -0.3 is 5.73 Å². The minimum absolute atomic E-state index is 0.106. The molecule has 0 bridgehead atoms. The van der Waals surface area contributed by atoms with Crippen LogP contribution in [0.15, 0.2) is 0 Å². The molecule has 2 atom stereocenters. The fraction of sp³-hybridized carbons (Fsp3) is 1.00. The summed E-state index contributed by atoms with van der Waals surface area (Å²) in [7, 11) is 0. The van der Waals surface area contributed by atoms with E-state index < -0.39 is 0 Å². The molecule has 0 rings (SSSR count). The van der Waals surface area contributed by atoms with Crippen LogP contribution in [-0.2, 0) is 0 Å². The van der Waals surface area contributed by atoms with Gasteiger partial charge in [-0.15, -0.1) is 0 Å². The van der Waals surface area contributed by atoms with Crippen molar-refractivity contribution in [1.29, 1.82) is 0 Å². The van der Waals surface area contributed by atoms with Gasteiger partial charge in [0.1, 0.15) is 0 Å². The predicted molar refractivity (Wildman–Crippen MR) is 97.7 cm³/mol. The lowest BCUT2D eigenvalue weighted by molar-refractivity contribution is 0.222. The monoisotopic (exact) mass is 297 g/mol. The van der Waals surface area contributed by atoms with Gasteiger partial charge in [-0.05, 0) is 25.2 Å². The van der Waals surface area contributed by atoms with E-state index in [1.54, 1.807) is 0 Å². The Labute approximate surface area is 135 Å². The molecule has 0 aromatic heterocycles. The second kappa shape index (κ2) is 13.6. The Bertz CT molecular complexity index is 214. The molecule has 21 heavy (non-hydrogen) atoms. The van der Waals surface area contributed by atoms with Crippen molar-refractivity contribution >= 4 is 0 Å². The van der Waals surface area contributed by atoms with E-state index in [-0.39, 0.29) is 5.54 Å². The molecule has 0 aliphatic heterocycles. The highest BCUT2D eigenvalue weighted by molar-refractivity contribution is 4.89. The Balaban J connectivity index is 4.16. The summed E-state index contributed by atoms with van der Waals surface area (Å²) in [6.07, 6.45) is 18.7. The minimum atomic E-state index is 0.106. The molecule has 0 saturated heterocycles. The van der Waals surface area contributed by atoms with Crippen LogP contribution in [0.3, 0.4) is 0 Å². The van der Waals surface area contributed by atoms with Crippen LogP contribution in [0.4, 0.5) is 0 Å². The first-order valence-corrected chi connectivity index (χ1v) is 9.89. The number of unbranched alkanes of at least 4 members (excludes halogenated alkanes) is 8. The molecule has 1 heteroatoms. The predicted octanol–water partition coefficient (Wildman–Crippen LogP) is 6.84. The van der Waals surface area contributed by atoms with Gasteiger partial charge in [0, 0.05) is 5.54 Å². The molecule has 0 fully saturated rings. The molecule has 0 heterocycles. The van der Waals surface area contributed by atoms with Crippen LogP contribution < -0.4 is 5.73 Å². The van der Waals surface area contributed by atoms with E-state index in [9.17, 15) is 0 Å². The first kappa shape index (κ1) is 21.0. The summed E-state index contributed by atoms with van der Waals surface area (Å²) >= 11 is 0. The fourth-order valence-electron chi connectivity index (χ4n) is 3.35.